The summed E-state index contributed by atoms with van der Waals surface area (Å²) < 4.78 is 40.1. The number of piperidine rings is 2. The van der Waals surface area contributed by atoms with Crippen molar-refractivity contribution in [3.05, 3.63) is 52.8 Å². The molecule has 1 saturated carbocycles. The fraction of sp³-hybridized carbons (Fsp3) is 0.692. The Kier molecular flexibility index (Phi) is 12.6. The smallest absolute Gasteiger partial charge is 0.475 e. The van der Waals surface area contributed by atoms with E-state index in [0.717, 1.165) is 94.6 Å². The first-order valence-corrected chi connectivity index (χ1v) is 19.1. The summed E-state index contributed by atoms with van der Waals surface area (Å²) in [6.45, 7) is 13.6. The Hall–Kier alpha value is -3.61. The lowest BCUT2D eigenvalue weighted by Crippen LogP contribution is -2.60. The van der Waals surface area contributed by atoms with Gasteiger partial charge in [-0.2, -0.15) is 18.3 Å². The van der Waals surface area contributed by atoms with E-state index in [0.29, 0.717) is 12.5 Å². The molecule has 10 nitrogen and oxygen atoms in total. The van der Waals surface area contributed by atoms with E-state index in [-0.39, 0.29) is 29.2 Å². The predicted molar refractivity (Wildman–Crippen MR) is 191 cm³/mol. The number of carboxylic acids is 1. The molecule has 4 heterocycles. The number of hydrogen-bond acceptors (Lipinski definition) is 6. The molecular formula is C39H56F3N5O5. The van der Waals surface area contributed by atoms with Gasteiger partial charge in [0.15, 0.2) is 0 Å². The molecule has 13 heteroatoms. The summed E-state index contributed by atoms with van der Waals surface area (Å²) in [7, 11) is 0. The van der Waals surface area contributed by atoms with Crippen LogP contribution in [0.2, 0.25) is 0 Å². The number of aryl methyl sites for hydroxylation is 1. The Labute approximate surface area is 305 Å². The van der Waals surface area contributed by atoms with E-state index >= 15 is 0 Å². The van der Waals surface area contributed by atoms with Crippen molar-refractivity contribution in [2.45, 2.75) is 135 Å². The highest BCUT2D eigenvalue weighted by Crippen LogP contribution is 2.44. The third-order valence-corrected chi connectivity index (χ3v) is 12.0. The first-order chi connectivity index (χ1) is 24.7. The highest BCUT2D eigenvalue weighted by Gasteiger charge is 2.56. The zero-order chi connectivity index (χ0) is 37.7. The van der Waals surface area contributed by atoms with Crippen molar-refractivity contribution in [1.29, 1.82) is 0 Å². The topological polar surface area (TPSA) is 108 Å². The lowest BCUT2D eigenvalue weighted by atomic mass is 9.78. The van der Waals surface area contributed by atoms with Crippen LogP contribution >= 0.6 is 0 Å². The van der Waals surface area contributed by atoms with Gasteiger partial charge in [0.25, 0.3) is 5.91 Å². The number of aliphatic carboxylic acids is 1. The van der Waals surface area contributed by atoms with Crippen LogP contribution in [0.15, 0.2) is 30.3 Å². The first-order valence-electron chi connectivity index (χ1n) is 19.1. The van der Waals surface area contributed by atoms with Crippen molar-refractivity contribution in [1.82, 2.24) is 24.5 Å². The molecule has 4 fully saturated rings. The monoisotopic (exact) mass is 731 g/mol. The number of nitrogens with zero attached hydrogens (tertiary/aromatic N) is 5. The molecule has 2 amide bonds. The van der Waals surface area contributed by atoms with Crippen LogP contribution < -0.4 is 0 Å². The zero-order valence-electron chi connectivity index (χ0n) is 31.2. The van der Waals surface area contributed by atoms with Crippen LogP contribution in [0, 0.1) is 19.8 Å². The molecule has 0 radical (unpaired) electrons. The van der Waals surface area contributed by atoms with Gasteiger partial charge in [-0.1, -0.05) is 69.4 Å². The van der Waals surface area contributed by atoms with Gasteiger partial charge in [0.2, 0.25) is 0 Å². The number of likely N-dealkylation sites (tertiary alicyclic amines) is 2. The minimum Gasteiger partial charge on any atom is -0.475 e. The van der Waals surface area contributed by atoms with Crippen molar-refractivity contribution >= 4 is 18.0 Å². The fourth-order valence-corrected chi connectivity index (χ4v) is 8.82. The first kappa shape index (κ1) is 39.6. The van der Waals surface area contributed by atoms with E-state index in [9.17, 15) is 22.8 Å². The molecule has 6 rings (SSSR count). The number of alkyl halides is 3. The lowest BCUT2D eigenvalue weighted by Gasteiger charge is -2.51. The van der Waals surface area contributed by atoms with Crippen molar-refractivity contribution in [3.63, 3.8) is 0 Å². The van der Waals surface area contributed by atoms with Crippen LogP contribution in [0.4, 0.5) is 18.0 Å². The molecule has 1 aromatic carbocycles. The van der Waals surface area contributed by atoms with Crippen molar-refractivity contribution in [2.24, 2.45) is 5.92 Å². The summed E-state index contributed by atoms with van der Waals surface area (Å²) >= 11 is 0. The van der Waals surface area contributed by atoms with Gasteiger partial charge in [0, 0.05) is 56.8 Å². The number of benzene rings is 1. The summed E-state index contributed by atoms with van der Waals surface area (Å²) in [6.07, 6.45) is 8.33. The van der Waals surface area contributed by atoms with Crippen LogP contribution in [-0.4, -0.2) is 104 Å². The number of amides is 2. The molecule has 1 spiro atoms. The second-order valence-electron chi connectivity index (χ2n) is 15.5. The number of unbranched alkanes of at least 4 members (excludes halogenated alkanes) is 1. The quantitative estimate of drug-likeness (QED) is 0.283. The van der Waals surface area contributed by atoms with Gasteiger partial charge in [0.1, 0.15) is 5.60 Å². The molecular weight excluding hydrogens is 675 g/mol. The van der Waals surface area contributed by atoms with E-state index in [1.165, 1.54) is 37.7 Å². The molecule has 1 unspecified atom stereocenters. The maximum absolute atomic E-state index is 13.8. The van der Waals surface area contributed by atoms with Crippen LogP contribution in [0.1, 0.15) is 118 Å². The molecule has 3 saturated heterocycles. The van der Waals surface area contributed by atoms with E-state index in [1.807, 2.05) is 41.6 Å². The average molecular weight is 732 g/mol. The molecule has 0 bridgehead atoms. The van der Waals surface area contributed by atoms with Crippen molar-refractivity contribution in [3.8, 4) is 0 Å². The average Bonchev–Trinajstić information content (AvgIpc) is 3.53. The van der Waals surface area contributed by atoms with E-state index in [2.05, 4.69) is 35.8 Å². The second kappa shape index (κ2) is 16.6. The van der Waals surface area contributed by atoms with E-state index in [4.69, 9.17) is 19.7 Å². The maximum atomic E-state index is 13.8. The number of ether oxygens (including phenoxy) is 1. The van der Waals surface area contributed by atoms with Crippen LogP contribution in [-0.2, 0) is 16.1 Å². The predicted octanol–water partition coefficient (Wildman–Crippen LogP) is 7.60. The molecule has 2 aromatic rings. The standard InChI is InChI=1S/C37H55N5O3.C2HF3O2/c1-5-6-17-32-37(45-35(44)41(32)26-30-13-9-7-10-14-30)20-24-40(25-21-37)36(4)18-22-39(23-19-36)34(43)33-28(2)38-42(29(33)3)27-31-15-11-8-12-16-31;3-2(4,5)1(6)7/h8,11-12,15-16,30,32H,5-7,9-10,13-14,17-27H2,1-4H3;(H,6,7). The molecule has 1 atom stereocenters. The molecule has 1 aromatic heterocycles. The number of hydrogen-bond donors (Lipinski definition) is 1. The normalized spacial score (nSPS) is 22.2. The highest BCUT2D eigenvalue weighted by atomic mass is 19.4. The van der Waals surface area contributed by atoms with Crippen LogP contribution in [0.3, 0.4) is 0 Å². The number of aromatic nitrogens is 2. The minimum absolute atomic E-state index is 0.0449. The highest BCUT2D eigenvalue weighted by molar-refractivity contribution is 5.96. The molecule has 1 N–H and O–H groups in total. The SMILES string of the molecule is CCCCC1N(CC2CCCCC2)C(=O)OC12CCN(C1(C)CCN(C(=O)c3c(C)nn(Cc4ccccc4)c3C)CC1)CC2.O=C(O)C(F)(F)F. The Morgan fingerprint density at radius 2 is 1.60 bits per heavy atom. The summed E-state index contributed by atoms with van der Waals surface area (Å²) in [4.78, 5) is 42.9. The van der Waals surface area contributed by atoms with Crippen molar-refractivity contribution < 1.29 is 37.4 Å². The Balaban J connectivity index is 0.000000679. The lowest BCUT2D eigenvalue weighted by molar-refractivity contribution is -0.192. The van der Waals surface area contributed by atoms with Gasteiger partial charge >= 0.3 is 18.2 Å². The van der Waals surface area contributed by atoms with Gasteiger partial charge in [-0.05, 0) is 64.4 Å². The second-order valence-corrected chi connectivity index (χ2v) is 15.5. The number of halogens is 3. The number of carbonyl (C=O) groups excluding carboxylic acids is 2. The summed E-state index contributed by atoms with van der Waals surface area (Å²) in [5, 5.41) is 11.9. The number of rotatable bonds is 9. The number of carbonyl (C=O) groups is 3. The molecule has 4 aliphatic rings. The van der Waals surface area contributed by atoms with E-state index in [1.54, 1.807) is 0 Å². The Bertz CT molecular complexity index is 1520. The molecule has 3 aliphatic heterocycles. The van der Waals surface area contributed by atoms with Gasteiger partial charge < -0.3 is 19.6 Å². The van der Waals surface area contributed by atoms with Gasteiger partial charge in [-0.25, -0.2) is 9.59 Å². The Morgan fingerprint density at radius 1 is 0.981 bits per heavy atom. The molecule has 288 valence electrons. The summed E-state index contributed by atoms with van der Waals surface area (Å²) in [5.41, 5.74) is 3.39. The third-order valence-electron chi connectivity index (χ3n) is 12.0. The van der Waals surface area contributed by atoms with Gasteiger partial charge in [0.05, 0.1) is 23.8 Å². The molecule has 1 aliphatic carbocycles. The molecule has 52 heavy (non-hydrogen) atoms. The minimum atomic E-state index is -5.08. The summed E-state index contributed by atoms with van der Waals surface area (Å²) in [5.74, 6) is -2.02. The zero-order valence-corrected chi connectivity index (χ0v) is 31.2. The van der Waals surface area contributed by atoms with Crippen molar-refractivity contribution in [2.75, 3.05) is 32.7 Å². The Morgan fingerprint density at radius 3 is 2.17 bits per heavy atom. The largest absolute Gasteiger partial charge is 0.490 e. The van der Waals surface area contributed by atoms with Gasteiger partial charge in [-0.15, -0.1) is 0 Å². The van der Waals surface area contributed by atoms with Gasteiger partial charge in [-0.3, -0.25) is 14.4 Å². The third kappa shape index (κ3) is 8.94. The summed E-state index contributed by atoms with van der Waals surface area (Å²) in [6, 6.07) is 10.5. The fourth-order valence-electron chi connectivity index (χ4n) is 8.82. The van der Waals surface area contributed by atoms with Crippen LogP contribution in [0.5, 0.6) is 0 Å². The van der Waals surface area contributed by atoms with E-state index < -0.39 is 12.1 Å². The van der Waals surface area contributed by atoms with Crippen LogP contribution in [0.25, 0.3) is 0 Å². The number of carboxylic acid groups (broad SMARTS) is 1. The maximum Gasteiger partial charge on any atom is 0.490 e.